The number of aliphatic hydroxyl groups excluding tert-OH is 3. The predicted molar refractivity (Wildman–Crippen MR) is 72.6 cm³/mol. The molecule has 0 saturated carbocycles. The van der Waals surface area contributed by atoms with Crippen LogP contribution in [0.25, 0.3) is 11.0 Å². The van der Waals surface area contributed by atoms with E-state index in [0.717, 1.165) is 0 Å². The highest BCUT2D eigenvalue weighted by Crippen LogP contribution is 2.32. The Morgan fingerprint density at radius 1 is 1.30 bits per heavy atom. The molecule has 3 atom stereocenters. The summed E-state index contributed by atoms with van der Waals surface area (Å²) in [4.78, 5) is 8.07. The minimum atomic E-state index is -1.10. The molecule has 0 amide bonds. The van der Waals surface area contributed by atoms with E-state index >= 15 is 0 Å². The Morgan fingerprint density at radius 2 is 2.05 bits per heavy atom. The Balaban J connectivity index is 2.14. The fourth-order valence-corrected chi connectivity index (χ4v) is 2.53. The maximum absolute atomic E-state index is 10.1. The molecule has 0 aromatic carbocycles. The van der Waals surface area contributed by atoms with Gasteiger partial charge >= 0.3 is 0 Å². The smallest absolute Gasteiger partial charge is 0.154 e. The summed E-state index contributed by atoms with van der Waals surface area (Å²) in [7, 11) is 0. The van der Waals surface area contributed by atoms with E-state index in [-0.39, 0.29) is 18.2 Å². The molecule has 2 heterocycles. The van der Waals surface area contributed by atoms with Gasteiger partial charge in [-0.2, -0.15) is 0 Å². The standard InChI is InChI=1S/C12H15N5O3/c13-8-2-6-9(12(14)16-8)15-4-17(6)7-1-5(3-18)10(19)11(7)20/h1-2,4,7,10-11,18-20H,3H2,(H4,13,14,16)/t7-,10-,11+/m1/s1. The third kappa shape index (κ3) is 1.73. The van der Waals surface area contributed by atoms with Crippen molar-refractivity contribution in [2.45, 2.75) is 18.2 Å². The maximum Gasteiger partial charge on any atom is 0.154 e. The van der Waals surface area contributed by atoms with Crippen molar-refractivity contribution in [3.63, 3.8) is 0 Å². The molecule has 2 aromatic heterocycles. The van der Waals surface area contributed by atoms with Crippen molar-refractivity contribution in [1.29, 1.82) is 0 Å². The number of anilines is 2. The van der Waals surface area contributed by atoms with Gasteiger partial charge in [0, 0.05) is 6.07 Å². The van der Waals surface area contributed by atoms with Gasteiger partial charge in [0.1, 0.15) is 23.5 Å². The summed E-state index contributed by atoms with van der Waals surface area (Å²) in [5.41, 5.74) is 12.9. The van der Waals surface area contributed by atoms with Crippen LogP contribution in [0.3, 0.4) is 0 Å². The summed E-state index contributed by atoms with van der Waals surface area (Å²) in [5, 5.41) is 29.1. The Kier molecular flexibility index (Phi) is 2.85. The largest absolute Gasteiger partial charge is 0.392 e. The van der Waals surface area contributed by atoms with Gasteiger partial charge in [0.25, 0.3) is 0 Å². The zero-order valence-electron chi connectivity index (χ0n) is 10.5. The summed E-state index contributed by atoms with van der Waals surface area (Å²) >= 11 is 0. The summed E-state index contributed by atoms with van der Waals surface area (Å²) in [5.74, 6) is 0.453. The third-order valence-electron chi connectivity index (χ3n) is 3.55. The number of hydrogen-bond acceptors (Lipinski definition) is 7. The van der Waals surface area contributed by atoms with Crippen LogP contribution in [0, 0.1) is 0 Å². The molecule has 106 valence electrons. The Labute approximate surface area is 114 Å². The minimum absolute atomic E-state index is 0.207. The van der Waals surface area contributed by atoms with Gasteiger partial charge < -0.3 is 31.4 Å². The first-order chi connectivity index (χ1) is 9.52. The molecule has 0 unspecified atom stereocenters. The third-order valence-corrected chi connectivity index (χ3v) is 3.55. The van der Waals surface area contributed by atoms with Gasteiger partial charge in [-0.05, 0) is 5.57 Å². The number of aromatic nitrogens is 3. The highest BCUT2D eigenvalue weighted by atomic mass is 16.3. The number of nitrogens with zero attached hydrogens (tertiary/aromatic N) is 3. The second kappa shape index (κ2) is 4.44. The number of fused-ring (bicyclic) bond motifs is 1. The Bertz CT molecular complexity index is 696. The molecule has 0 spiro atoms. The average Bonchev–Trinajstić information content (AvgIpc) is 2.93. The fraction of sp³-hybridized carbons (Fsp3) is 0.333. The van der Waals surface area contributed by atoms with E-state index in [1.54, 1.807) is 16.7 Å². The summed E-state index contributed by atoms with van der Waals surface area (Å²) in [6.07, 6.45) is 0.951. The molecule has 1 aliphatic rings. The second-order valence-corrected chi connectivity index (χ2v) is 4.78. The predicted octanol–water partition coefficient (Wildman–Crippen LogP) is -1.21. The minimum Gasteiger partial charge on any atom is -0.392 e. The number of aliphatic hydroxyl groups is 3. The molecule has 3 rings (SSSR count). The molecule has 0 aliphatic heterocycles. The van der Waals surface area contributed by atoms with Crippen LogP contribution < -0.4 is 11.5 Å². The SMILES string of the molecule is Nc1cc2c(ncn2[C@@H]2C=C(CO)[C@@H](O)[C@H]2O)c(N)n1. The number of rotatable bonds is 2. The van der Waals surface area contributed by atoms with E-state index in [9.17, 15) is 10.2 Å². The lowest BCUT2D eigenvalue weighted by Crippen LogP contribution is -2.29. The maximum atomic E-state index is 10.1. The zero-order chi connectivity index (χ0) is 14.4. The van der Waals surface area contributed by atoms with Crippen LogP contribution in [0.4, 0.5) is 11.6 Å². The molecule has 0 saturated heterocycles. The summed E-state index contributed by atoms with van der Waals surface area (Å²) in [6, 6.07) is 1.06. The van der Waals surface area contributed by atoms with Crippen LogP contribution in [0.15, 0.2) is 24.0 Å². The molecule has 2 aromatic rings. The first kappa shape index (κ1) is 12.9. The molecule has 1 aliphatic carbocycles. The van der Waals surface area contributed by atoms with E-state index in [2.05, 4.69) is 9.97 Å². The number of hydrogen-bond donors (Lipinski definition) is 5. The molecule has 0 fully saturated rings. The van der Waals surface area contributed by atoms with Crippen molar-refractivity contribution >= 4 is 22.7 Å². The highest BCUT2D eigenvalue weighted by Gasteiger charge is 2.36. The van der Waals surface area contributed by atoms with Gasteiger partial charge in [-0.25, -0.2) is 9.97 Å². The second-order valence-electron chi connectivity index (χ2n) is 4.78. The summed E-state index contributed by atoms with van der Waals surface area (Å²) in [6.45, 7) is -0.312. The van der Waals surface area contributed by atoms with Gasteiger partial charge in [-0.1, -0.05) is 6.08 Å². The molecular formula is C12H15N5O3. The van der Waals surface area contributed by atoms with E-state index in [0.29, 0.717) is 16.6 Å². The Morgan fingerprint density at radius 3 is 2.70 bits per heavy atom. The lowest BCUT2D eigenvalue weighted by atomic mass is 10.1. The number of imidazole rings is 1. The number of pyridine rings is 1. The molecule has 0 bridgehead atoms. The zero-order valence-corrected chi connectivity index (χ0v) is 10.5. The molecule has 0 radical (unpaired) electrons. The van der Waals surface area contributed by atoms with Gasteiger partial charge in [0.2, 0.25) is 0 Å². The van der Waals surface area contributed by atoms with E-state index in [1.165, 1.54) is 6.33 Å². The summed E-state index contributed by atoms with van der Waals surface area (Å²) < 4.78 is 1.65. The molecular weight excluding hydrogens is 262 g/mol. The number of nitrogens with two attached hydrogens (primary N) is 2. The van der Waals surface area contributed by atoms with Crippen LogP contribution in [0.1, 0.15) is 6.04 Å². The molecule has 20 heavy (non-hydrogen) atoms. The highest BCUT2D eigenvalue weighted by molar-refractivity contribution is 5.87. The van der Waals surface area contributed by atoms with Crippen molar-refractivity contribution in [1.82, 2.24) is 14.5 Å². The molecule has 8 nitrogen and oxygen atoms in total. The van der Waals surface area contributed by atoms with Gasteiger partial charge in [-0.15, -0.1) is 0 Å². The first-order valence-corrected chi connectivity index (χ1v) is 6.09. The van der Waals surface area contributed by atoms with E-state index in [1.807, 2.05) is 0 Å². The van der Waals surface area contributed by atoms with E-state index < -0.39 is 18.2 Å². The van der Waals surface area contributed by atoms with Crippen LogP contribution in [-0.4, -0.2) is 48.7 Å². The molecule has 8 heteroatoms. The van der Waals surface area contributed by atoms with Crippen LogP contribution in [0.2, 0.25) is 0 Å². The fourth-order valence-electron chi connectivity index (χ4n) is 2.53. The topological polar surface area (TPSA) is 143 Å². The lowest BCUT2D eigenvalue weighted by molar-refractivity contribution is 0.0288. The number of nitrogen functional groups attached to an aromatic ring is 2. The van der Waals surface area contributed by atoms with Crippen LogP contribution in [0.5, 0.6) is 0 Å². The van der Waals surface area contributed by atoms with Gasteiger partial charge in [0.05, 0.1) is 24.5 Å². The van der Waals surface area contributed by atoms with Crippen LogP contribution >= 0.6 is 0 Å². The van der Waals surface area contributed by atoms with Crippen molar-refractivity contribution in [2.24, 2.45) is 0 Å². The van der Waals surface area contributed by atoms with Crippen molar-refractivity contribution in [2.75, 3.05) is 18.1 Å². The quantitative estimate of drug-likeness (QED) is 0.433. The normalized spacial score (nSPS) is 26.1. The van der Waals surface area contributed by atoms with Crippen LogP contribution in [-0.2, 0) is 0 Å². The van der Waals surface area contributed by atoms with Crippen molar-refractivity contribution in [3.05, 3.63) is 24.0 Å². The van der Waals surface area contributed by atoms with E-state index in [4.69, 9.17) is 16.6 Å². The van der Waals surface area contributed by atoms with Crippen molar-refractivity contribution in [3.8, 4) is 0 Å². The van der Waals surface area contributed by atoms with Crippen molar-refractivity contribution < 1.29 is 15.3 Å². The first-order valence-electron chi connectivity index (χ1n) is 6.09. The Hall–Kier alpha value is -2.16. The lowest BCUT2D eigenvalue weighted by Gasteiger charge is -2.19. The molecule has 7 N–H and O–H groups in total. The van der Waals surface area contributed by atoms with Gasteiger partial charge in [-0.3, -0.25) is 0 Å². The van der Waals surface area contributed by atoms with Gasteiger partial charge in [0.15, 0.2) is 5.82 Å². The monoisotopic (exact) mass is 277 g/mol. The average molecular weight is 277 g/mol.